The van der Waals surface area contributed by atoms with Gasteiger partial charge >= 0.3 is 5.97 Å². The molecule has 1 N–H and O–H groups in total. The third-order valence-electron chi connectivity index (χ3n) is 4.01. The van der Waals surface area contributed by atoms with Crippen molar-refractivity contribution in [3.63, 3.8) is 0 Å². The number of fused-ring (bicyclic) bond motifs is 1. The van der Waals surface area contributed by atoms with Gasteiger partial charge in [-0.15, -0.1) is 23.1 Å². The van der Waals surface area contributed by atoms with Crippen LogP contribution >= 0.6 is 23.1 Å². The number of benzene rings is 1. The average Bonchev–Trinajstić information content (AvgIpc) is 3.00. The number of anilines is 1. The molecule has 0 bridgehead atoms. The third kappa shape index (κ3) is 4.44. The summed E-state index contributed by atoms with van der Waals surface area (Å²) in [5.41, 5.74) is 1.80. The van der Waals surface area contributed by atoms with Crippen LogP contribution < -0.4 is 5.32 Å². The molecule has 1 aliphatic carbocycles. The highest BCUT2D eigenvalue weighted by molar-refractivity contribution is 8.00. The van der Waals surface area contributed by atoms with Crippen LogP contribution in [0.3, 0.4) is 0 Å². The Morgan fingerprint density at radius 3 is 2.72 bits per heavy atom. The number of esters is 1. The molecule has 1 amide bonds. The Bertz CT molecular complexity index is 756. The highest BCUT2D eigenvalue weighted by Crippen LogP contribution is 2.39. The number of hydrogen-bond acceptors (Lipinski definition) is 5. The predicted molar refractivity (Wildman–Crippen MR) is 103 cm³/mol. The zero-order valence-electron chi connectivity index (χ0n) is 14.2. The van der Waals surface area contributed by atoms with Crippen LogP contribution in [0.1, 0.15) is 39.9 Å². The molecule has 0 spiro atoms. The Morgan fingerprint density at radius 1 is 1.20 bits per heavy atom. The molecule has 4 nitrogen and oxygen atoms in total. The van der Waals surface area contributed by atoms with Crippen molar-refractivity contribution in [3.05, 3.63) is 45.6 Å². The number of nitrogens with one attached hydrogen (secondary N) is 1. The Kier molecular flexibility index (Phi) is 6.15. The van der Waals surface area contributed by atoms with Crippen molar-refractivity contribution in [2.75, 3.05) is 17.7 Å². The summed E-state index contributed by atoms with van der Waals surface area (Å²) in [6.07, 6.45) is 4.11. The Balaban J connectivity index is 1.74. The van der Waals surface area contributed by atoms with Crippen LogP contribution in [0.25, 0.3) is 0 Å². The summed E-state index contributed by atoms with van der Waals surface area (Å²) >= 11 is 2.96. The summed E-state index contributed by atoms with van der Waals surface area (Å²) in [6.45, 7) is 2.12. The van der Waals surface area contributed by atoms with Crippen molar-refractivity contribution in [1.82, 2.24) is 0 Å². The van der Waals surface area contributed by atoms with Crippen molar-refractivity contribution in [2.45, 2.75) is 37.5 Å². The number of hydrogen-bond donors (Lipinski definition) is 1. The molecule has 0 radical (unpaired) electrons. The van der Waals surface area contributed by atoms with Gasteiger partial charge in [-0.2, -0.15) is 0 Å². The number of thioether (sulfide) groups is 1. The molecule has 0 unspecified atom stereocenters. The van der Waals surface area contributed by atoms with E-state index in [-0.39, 0.29) is 11.9 Å². The van der Waals surface area contributed by atoms with Gasteiger partial charge in [0.25, 0.3) is 0 Å². The maximum atomic E-state index is 12.4. The summed E-state index contributed by atoms with van der Waals surface area (Å²) < 4.78 is 5.17. The number of ether oxygens (including phenoxy) is 1. The van der Waals surface area contributed by atoms with Gasteiger partial charge in [0.1, 0.15) is 4.88 Å². The summed E-state index contributed by atoms with van der Waals surface area (Å²) in [5.74, 6) is -0.116. The van der Waals surface area contributed by atoms with Crippen LogP contribution in [-0.2, 0) is 22.4 Å². The molecule has 0 saturated carbocycles. The first kappa shape index (κ1) is 18.0. The molecule has 0 fully saturated rings. The normalized spacial score (nSPS) is 13.2. The second kappa shape index (κ2) is 8.54. The first-order valence-electron chi connectivity index (χ1n) is 8.48. The lowest BCUT2D eigenvalue weighted by molar-refractivity contribution is -0.113. The molecular formula is C19H21NO3S2. The second-order valence-electron chi connectivity index (χ2n) is 5.79. The maximum Gasteiger partial charge on any atom is 0.350 e. The van der Waals surface area contributed by atoms with E-state index in [1.54, 1.807) is 6.92 Å². The minimum absolute atomic E-state index is 0.0921. The highest BCUT2D eigenvalue weighted by atomic mass is 32.2. The van der Waals surface area contributed by atoms with E-state index in [9.17, 15) is 9.59 Å². The zero-order chi connectivity index (χ0) is 17.6. The lowest BCUT2D eigenvalue weighted by atomic mass is 9.97. The summed E-state index contributed by atoms with van der Waals surface area (Å²) in [7, 11) is 0. The van der Waals surface area contributed by atoms with E-state index < -0.39 is 0 Å². The molecule has 6 heteroatoms. The SMILES string of the molecule is CCOC(=O)c1sc2c(c1NC(=O)CSc1ccccc1)CCCC2. The molecule has 0 saturated heterocycles. The smallest absolute Gasteiger partial charge is 0.350 e. The fourth-order valence-electron chi connectivity index (χ4n) is 2.88. The molecule has 1 aliphatic rings. The van der Waals surface area contributed by atoms with Gasteiger partial charge in [-0.05, 0) is 50.3 Å². The van der Waals surface area contributed by atoms with E-state index in [0.29, 0.717) is 22.9 Å². The Hall–Kier alpha value is -1.79. The quantitative estimate of drug-likeness (QED) is 0.595. The fraction of sp³-hybridized carbons (Fsp3) is 0.368. The van der Waals surface area contributed by atoms with Crippen LogP contribution in [-0.4, -0.2) is 24.2 Å². The van der Waals surface area contributed by atoms with Gasteiger partial charge in [-0.3, -0.25) is 4.79 Å². The molecule has 0 atom stereocenters. The van der Waals surface area contributed by atoms with E-state index in [2.05, 4.69) is 5.32 Å². The average molecular weight is 376 g/mol. The van der Waals surface area contributed by atoms with Crippen molar-refractivity contribution in [2.24, 2.45) is 0 Å². The highest BCUT2D eigenvalue weighted by Gasteiger charge is 2.26. The number of aryl methyl sites for hydroxylation is 1. The van der Waals surface area contributed by atoms with Crippen LogP contribution in [0.5, 0.6) is 0 Å². The van der Waals surface area contributed by atoms with Crippen molar-refractivity contribution >= 4 is 40.7 Å². The molecule has 0 aliphatic heterocycles. The minimum Gasteiger partial charge on any atom is -0.462 e. The minimum atomic E-state index is -0.340. The van der Waals surface area contributed by atoms with E-state index in [0.717, 1.165) is 36.1 Å². The summed E-state index contributed by atoms with van der Waals surface area (Å²) in [4.78, 5) is 27.5. The Labute approximate surface area is 156 Å². The molecular weight excluding hydrogens is 354 g/mol. The monoisotopic (exact) mass is 375 g/mol. The maximum absolute atomic E-state index is 12.4. The first-order chi connectivity index (χ1) is 12.2. The second-order valence-corrected chi connectivity index (χ2v) is 7.94. The number of amides is 1. The van der Waals surface area contributed by atoms with Crippen LogP contribution in [0.2, 0.25) is 0 Å². The number of thiophene rings is 1. The molecule has 2 aromatic rings. The zero-order valence-corrected chi connectivity index (χ0v) is 15.8. The van der Waals surface area contributed by atoms with Crippen LogP contribution in [0, 0.1) is 0 Å². The van der Waals surface area contributed by atoms with Gasteiger partial charge in [-0.1, -0.05) is 18.2 Å². The number of carbonyl (C=O) groups excluding carboxylic acids is 2. The van der Waals surface area contributed by atoms with Crippen molar-refractivity contribution in [3.8, 4) is 0 Å². The Morgan fingerprint density at radius 2 is 1.96 bits per heavy atom. The lowest BCUT2D eigenvalue weighted by Crippen LogP contribution is -2.17. The molecule has 1 aromatic heterocycles. The van der Waals surface area contributed by atoms with E-state index in [1.807, 2.05) is 30.3 Å². The molecule has 1 heterocycles. The summed E-state index contributed by atoms with van der Waals surface area (Å²) in [5, 5.41) is 2.98. The molecule has 1 aromatic carbocycles. The molecule has 132 valence electrons. The van der Waals surface area contributed by atoms with Gasteiger partial charge in [0.15, 0.2) is 0 Å². The molecule has 3 rings (SSSR count). The van der Waals surface area contributed by atoms with E-state index in [1.165, 1.54) is 28.0 Å². The predicted octanol–water partition coefficient (Wildman–Crippen LogP) is 4.53. The van der Waals surface area contributed by atoms with Gasteiger partial charge < -0.3 is 10.1 Å². The van der Waals surface area contributed by atoms with Gasteiger partial charge in [0.2, 0.25) is 5.91 Å². The fourth-order valence-corrected chi connectivity index (χ4v) is 4.84. The van der Waals surface area contributed by atoms with Gasteiger partial charge in [-0.25, -0.2) is 4.79 Å². The van der Waals surface area contributed by atoms with E-state index in [4.69, 9.17) is 4.74 Å². The van der Waals surface area contributed by atoms with Crippen LogP contribution in [0.15, 0.2) is 35.2 Å². The third-order valence-corrected chi connectivity index (χ3v) is 6.29. The first-order valence-corrected chi connectivity index (χ1v) is 10.3. The molecule has 25 heavy (non-hydrogen) atoms. The van der Waals surface area contributed by atoms with Gasteiger partial charge in [0, 0.05) is 9.77 Å². The topological polar surface area (TPSA) is 55.4 Å². The van der Waals surface area contributed by atoms with Gasteiger partial charge in [0.05, 0.1) is 18.0 Å². The number of rotatable bonds is 6. The van der Waals surface area contributed by atoms with Crippen LogP contribution in [0.4, 0.5) is 5.69 Å². The standard InChI is InChI=1S/C19H21NO3S2/c1-2-23-19(22)18-17(14-10-6-7-11-15(14)25-18)20-16(21)12-24-13-8-4-3-5-9-13/h3-5,8-9H,2,6-7,10-12H2,1H3,(H,20,21). The summed E-state index contributed by atoms with van der Waals surface area (Å²) in [6, 6.07) is 9.82. The van der Waals surface area contributed by atoms with E-state index >= 15 is 0 Å². The number of carbonyl (C=O) groups is 2. The largest absolute Gasteiger partial charge is 0.462 e. The lowest BCUT2D eigenvalue weighted by Gasteiger charge is -2.13. The van der Waals surface area contributed by atoms with Crippen molar-refractivity contribution < 1.29 is 14.3 Å². The van der Waals surface area contributed by atoms with Crippen molar-refractivity contribution in [1.29, 1.82) is 0 Å².